The molecular formula is C10H18N2O3. The first-order valence-electron chi connectivity index (χ1n) is 4.68. The Bertz CT molecular complexity index is 253. The number of carboxylic acids is 1. The van der Waals surface area contributed by atoms with Gasteiger partial charge in [0.25, 0.3) is 5.91 Å². The summed E-state index contributed by atoms with van der Waals surface area (Å²) in [6, 6.07) is 0. The van der Waals surface area contributed by atoms with Crippen molar-refractivity contribution in [3.8, 4) is 11.8 Å². The molecule has 0 bridgehead atoms. The van der Waals surface area contributed by atoms with Gasteiger partial charge < -0.3 is 15.3 Å². The number of rotatable bonds is 3. The Morgan fingerprint density at radius 2 is 1.93 bits per heavy atom. The molecule has 5 heteroatoms. The van der Waals surface area contributed by atoms with Gasteiger partial charge in [0.1, 0.15) is 6.54 Å². The van der Waals surface area contributed by atoms with E-state index >= 15 is 0 Å². The van der Waals surface area contributed by atoms with Crippen LogP contribution in [0.2, 0.25) is 0 Å². The molecule has 86 valence electrons. The highest BCUT2D eigenvalue weighted by Crippen LogP contribution is 1.82. The smallest absolute Gasteiger partial charge is 0.323 e. The Kier molecular flexibility index (Phi) is 11.2. The number of likely N-dealkylation sites (N-methyl/N-ethyl adjacent to an activating group) is 1. The molecule has 5 nitrogen and oxygen atoms in total. The maximum Gasteiger partial charge on any atom is 0.323 e. The maximum absolute atomic E-state index is 11.0. The summed E-state index contributed by atoms with van der Waals surface area (Å²) < 4.78 is 0. The number of nitrogens with zero attached hydrogens (tertiary/aromatic N) is 1. The Morgan fingerprint density at radius 3 is 2.33 bits per heavy atom. The third kappa shape index (κ3) is 10.4. The average Bonchev–Trinajstić information content (AvgIpc) is 2.20. The van der Waals surface area contributed by atoms with Gasteiger partial charge in [-0.3, -0.25) is 9.59 Å². The van der Waals surface area contributed by atoms with Gasteiger partial charge in [0.05, 0.1) is 6.54 Å². The van der Waals surface area contributed by atoms with Gasteiger partial charge in [-0.05, 0) is 13.0 Å². The summed E-state index contributed by atoms with van der Waals surface area (Å²) in [5.41, 5.74) is 0. The van der Waals surface area contributed by atoms with Crippen molar-refractivity contribution in [2.75, 3.05) is 27.2 Å². The van der Waals surface area contributed by atoms with Crippen molar-refractivity contribution in [2.24, 2.45) is 0 Å². The molecule has 0 aromatic heterocycles. The molecule has 2 N–H and O–H groups in total. The lowest BCUT2D eigenvalue weighted by Gasteiger charge is -2.09. The minimum Gasteiger partial charge on any atom is -0.480 e. The fourth-order valence-corrected chi connectivity index (χ4v) is 0.578. The second kappa shape index (κ2) is 10.5. The summed E-state index contributed by atoms with van der Waals surface area (Å²) in [5, 5.41) is 11.1. The minimum absolute atomic E-state index is 0.326. The van der Waals surface area contributed by atoms with Crippen molar-refractivity contribution in [1.82, 2.24) is 10.2 Å². The average molecular weight is 214 g/mol. The third-order valence-electron chi connectivity index (χ3n) is 1.18. The Hall–Kier alpha value is -1.54. The first-order chi connectivity index (χ1) is 7.07. The highest BCUT2D eigenvalue weighted by molar-refractivity contribution is 5.95. The molecule has 0 saturated carbocycles. The first kappa shape index (κ1) is 15.9. The van der Waals surface area contributed by atoms with Crippen LogP contribution in [0.3, 0.4) is 0 Å². The number of amides is 1. The van der Waals surface area contributed by atoms with E-state index in [-0.39, 0.29) is 6.54 Å². The molecule has 1 amide bonds. The molecule has 15 heavy (non-hydrogen) atoms. The number of hydrogen-bond acceptors (Lipinski definition) is 3. The molecule has 0 fully saturated rings. The normalized spacial score (nSPS) is 7.73. The van der Waals surface area contributed by atoms with Gasteiger partial charge in [0.2, 0.25) is 0 Å². The molecule has 0 spiro atoms. The molecular weight excluding hydrogens is 196 g/mol. The quantitative estimate of drug-likeness (QED) is 0.637. The van der Waals surface area contributed by atoms with Crippen molar-refractivity contribution in [2.45, 2.75) is 13.8 Å². The summed E-state index contributed by atoms with van der Waals surface area (Å²) in [6.07, 6.45) is 0. The van der Waals surface area contributed by atoms with Gasteiger partial charge in [-0.25, -0.2) is 0 Å². The highest BCUT2D eigenvalue weighted by atomic mass is 16.4. The zero-order valence-corrected chi connectivity index (χ0v) is 9.63. The van der Waals surface area contributed by atoms with Crippen LogP contribution < -0.4 is 5.32 Å². The largest absolute Gasteiger partial charge is 0.480 e. The molecule has 0 aliphatic rings. The molecule has 0 aliphatic heterocycles. The van der Waals surface area contributed by atoms with Crippen LogP contribution in [-0.2, 0) is 9.59 Å². The lowest BCUT2D eigenvalue weighted by molar-refractivity contribution is -0.141. The maximum atomic E-state index is 11.0. The summed E-state index contributed by atoms with van der Waals surface area (Å²) in [5.74, 6) is 3.31. The van der Waals surface area contributed by atoms with Gasteiger partial charge in [0, 0.05) is 7.05 Å². The van der Waals surface area contributed by atoms with Crippen molar-refractivity contribution in [3.63, 3.8) is 0 Å². The van der Waals surface area contributed by atoms with Crippen molar-refractivity contribution in [3.05, 3.63) is 0 Å². The predicted molar refractivity (Wildman–Crippen MR) is 58.3 cm³/mol. The molecule has 0 aromatic rings. The number of carbonyl (C=O) groups excluding carboxylic acids is 1. The molecule has 0 unspecified atom stereocenters. The van der Waals surface area contributed by atoms with Crippen LogP contribution in [-0.4, -0.2) is 49.1 Å². The second-order valence-corrected chi connectivity index (χ2v) is 2.39. The van der Waals surface area contributed by atoms with E-state index in [1.54, 1.807) is 7.05 Å². The molecule has 0 saturated heterocycles. The number of nitrogens with one attached hydrogen (secondary N) is 1. The van der Waals surface area contributed by atoms with Gasteiger partial charge in [-0.1, -0.05) is 19.8 Å². The highest BCUT2D eigenvalue weighted by Gasteiger charge is 2.08. The van der Waals surface area contributed by atoms with Gasteiger partial charge in [-0.2, -0.15) is 0 Å². The van der Waals surface area contributed by atoms with E-state index < -0.39 is 11.9 Å². The SMILES string of the molecule is CC.CNCC#CC(=O)N(C)CC(=O)O. The topological polar surface area (TPSA) is 69.6 Å². The van der Waals surface area contributed by atoms with E-state index in [4.69, 9.17) is 5.11 Å². The predicted octanol–water partition coefficient (Wildman–Crippen LogP) is -0.222. The zero-order chi connectivity index (χ0) is 12.3. The van der Waals surface area contributed by atoms with E-state index in [0.29, 0.717) is 6.54 Å². The van der Waals surface area contributed by atoms with Gasteiger partial charge in [0.15, 0.2) is 0 Å². The van der Waals surface area contributed by atoms with Crippen LogP contribution in [0.1, 0.15) is 13.8 Å². The number of hydrogen-bond donors (Lipinski definition) is 2. The lowest BCUT2D eigenvalue weighted by Crippen LogP contribution is -2.30. The molecule has 0 atom stereocenters. The van der Waals surface area contributed by atoms with Crippen LogP contribution in [0.15, 0.2) is 0 Å². The standard InChI is InChI=1S/C8H12N2O3.C2H6/c1-9-5-3-4-7(11)10(2)6-8(12)13;1-2/h9H,5-6H2,1-2H3,(H,12,13);1-2H3. The monoisotopic (exact) mass is 214 g/mol. The van der Waals surface area contributed by atoms with Gasteiger partial charge in [-0.15, -0.1) is 0 Å². The lowest BCUT2D eigenvalue weighted by atomic mass is 10.4. The zero-order valence-electron chi connectivity index (χ0n) is 9.63. The number of aliphatic carboxylic acids is 1. The van der Waals surface area contributed by atoms with Crippen LogP contribution in [0.25, 0.3) is 0 Å². The Morgan fingerprint density at radius 1 is 1.40 bits per heavy atom. The molecule has 0 aromatic carbocycles. The Labute approximate surface area is 90.5 Å². The van der Waals surface area contributed by atoms with Crippen molar-refractivity contribution < 1.29 is 14.7 Å². The molecule has 0 rings (SSSR count). The van der Waals surface area contributed by atoms with Crippen LogP contribution in [0.4, 0.5) is 0 Å². The van der Waals surface area contributed by atoms with Crippen LogP contribution >= 0.6 is 0 Å². The Balaban J connectivity index is 0. The van der Waals surface area contributed by atoms with E-state index in [1.165, 1.54) is 7.05 Å². The summed E-state index contributed by atoms with van der Waals surface area (Å²) in [7, 11) is 3.10. The second-order valence-electron chi connectivity index (χ2n) is 2.39. The van der Waals surface area contributed by atoms with Crippen LogP contribution in [0, 0.1) is 11.8 Å². The number of carbonyl (C=O) groups is 2. The van der Waals surface area contributed by atoms with Gasteiger partial charge >= 0.3 is 5.97 Å². The van der Waals surface area contributed by atoms with Crippen molar-refractivity contribution >= 4 is 11.9 Å². The molecule has 0 heterocycles. The number of carboxylic acid groups (broad SMARTS) is 1. The minimum atomic E-state index is -1.05. The van der Waals surface area contributed by atoms with E-state index in [0.717, 1.165) is 4.90 Å². The van der Waals surface area contributed by atoms with E-state index in [2.05, 4.69) is 17.2 Å². The van der Waals surface area contributed by atoms with Crippen molar-refractivity contribution in [1.29, 1.82) is 0 Å². The fourth-order valence-electron chi connectivity index (χ4n) is 0.578. The molecule has 0 aliphatic carbocycles. The van der Waals surface area contributed by atoms with E-state index in [1.807, 2.05) is 13.8 Å². The summed E-state index contributed by atoms with van der Waals surface area (Å²) in [6.45, 7) is 4.08. The van der Waals surface area contributed by atoms with E-state index in [9.17, 15) is 9.59 Å². The third-order valence-corrected chi connectivity index (χ3v) is 1.18. The fraction of sp³-hybridized carbons (Fsp3) is 0.600. The first-order valence-corrected chi connectivity index (χ1v) is 4.68. The molecule has 0 radical (unpaired) electrons. The summed E-state index contributed by atoms with van der Waals surface area (Å²) in [4.78, 5) is 22.3. The summed E-state index contributed by atoms with van der Waals surface area (Å²) >= 11 is 0. The van der Waals surface area contributed by atoms with Crippen LogP contribution in [0.5, 0.6) is 0 Å².